The monoisotopic (exact) mass is 237 g/mol. The van der Waals surface area contributed by atoms with Crippen LogP contribution in [0.1, 0.15) is 12.5 Å². The maximum absolute atomic E-state index is 10.9. The van der Waals surface area contributed by atoms with Gasteiger partial charge in [0.05, 0.1) is 19.3 Å². The van der Waals surface area contributed by atoms with Gasteiger partial charge >= 0.3 is 0 Å². The molecule has 0 saturated heterocycles. The van der Waals surface area contributed by atoms with Gasteiger partial charge in [0.25, 0.3) is 0 Å². The van der Waals surface area contributed by atoms with Crippen LogP contribution in [0.2, 0.25) is 0 Å². The SMILES string of the molecule is CNC(=O)COC[C@@H](C)OCc1ccccc1. The number of rotatable bonds is 7. The highest BCUT2D eigenvalue weighted by Gasteiger charge is 2.04. The third-order valence-corrected chi connectivity index (χ3v) is 2.24. The van der Waals surface area contributed by atoms with Gasteiger partial charge < -0.3 is 14.8 Å². The van der Waals surface area contributed by atoms with Gasteiger partial charge in [0.2, 0.25) is 5.91 Å². The standard InChI is InChI=1S/C13H19NO3/c1-11(8-16-10-13(15)14-2)17-9-12-6-4-3-5-7-12/h3-7,11H,8-10H2,1-2H3,(H,14,15)/t11-/m1/s1. The van der Waals surface area contributed by atoms with E-state index in [1.807, 2.05) is 37.3 Å². The number of amides is 1. The van der Waals surface area contributed by atoms with Crippen LogP contribution in [0, 0.1) is 0 Å². The highest BCUT2D eigenvalue weighted by atomic mass is 16.5. The molecule has 0 heterocycles. The average molecular weight is 237 g/mol. The van der Waals surface area contributed by atoms with Crippen molar-refractivity contribution in [3.63, 3.8) is 0 Å². The molecule has 17 heavy (non-hydrogen) atoms. The summed E-state index contributed by atoms with van der Waals surface area (Å²) in [6.07, 6.45) is -0.0279. The molecule has 0 spiro atoms. The van der Waals surface area contributed by atoms with Crippen LogP contribution in [0.4, 0.5) is 0 Å². The molecular formula is C13H19NO3. The van der Waals surface area contributed by atoms with Crippen molar-refractivity contribution in [2.75, 3.05) is 20.3 Å². The molecule has 0 bridgehead atoms. The molecule has 1 aromatic rings. The number of likely N-dealkylation sites (N-methyl/N-ethyl adjacent to an activating group) is 1. The predicted molar refractivity (Wildman–Crippen MR) is 65.6 cm³/mol. The summed E-state index contributed by atoms with van der Waals surface area (Å²) >= 11 is 0. The van der Waals surface area contributed by atoms with Gasteiger partial charge in [0.1, 0.15) is 6.61 Å². The Balaban J connectivity index is 2.13. The van der Waals surface area contributed by atoms with Crippen LogP contribution >= 0.6 is 0 Å². The molecule has 4 heteroatoms. The molecule has 1 amide bonds. The Bertz CT molecular complexity index is 327. The van der Waals surface area contributed by atoms with Crippen molar-refractivity contribution in [2.45, 2.75) is 19.6 Å². The van der Waals surface area contributed by atoms with Gasteiger partial charge in [-0.2, -0.15) is 0 Å². The van der Waals surface area contributed by atoms with E-state index in [4.69, 9.17) is 9.47 Å². The maximum Gasteiger partial charge on any atom is 0.245 e. The minimum absolute atomic E-state index is 0.0279. The Morgan fingerprint density at radius 2 is 2.06 bits per heavy atom. The van der Waals surface area contributed by atoms with Gasteiger partial charge in [-0.15, -0.1) is 0 Å². The predicted octanol–water partition coefficient (Wildman–Crippen LogP) is 1.35. The van der Waals surface area contributed by atoms with Gasteiger partial charge in [-0.1, -0.05) is 30.3 Å². The quantitative estimate of drug-likeness (QED) is 0.778. The fourth-order valence-corrected chi connectivity index (χ4v) is 1.25. The van der Waals surface area contributed by atoms with Crippen LogP contribution in [0.25, 0.3) is 0 Å². The van der Waals surface area contributed by atoms with Gasteiger partial charge in [-0.05, 0) is 12.5 Å². The molecule has 0 aliphatic carbocycles. The van der Waals surface area contributed by atoms with Crippen LogP contribution in [0.3, 0.4) is 0 Å². The van der Waals surface area contributed by atoms with Crippen LogP contribution in [-0.2, 0) is 20.9 Å². The first-order chi connectivity index (χ1) is 8.22. The van der Waals surface area contributed by atoms with E-state index in [2.05, 4.69) is 5.32 Å². The normalized spacial score (nSPS) is 12.1. The van der Waals surface area contributed by atoms with Gasteiger partial charge in [-0.25, -0.2) is 0 Å². The average Bonchev–Trinajstić information content (AvgIpc) is 2.37. The van der Waals surface area contributed by atoms with E-state index >= 15 is 0 Å². The van der Waals surface area contributed by atoms with E-state index in [9.17, 15) is 4.79 Å². The molecule has 0 radical (unpaired) electrons. The third kappa shape index (κ3) is 6.04. The number of carbonyl (C=O) groups excluding carboxylic acids is 1. The molecule has 1 rings (SSSR count). The first-order valence-corrected chi connectivity index (χ1v) is 5.66. The first-order valence-electron chi connectivity index (χ1n) is 5.66. The van der Waals surface area contributed by atoms with Crippen molar-refractivity contribution in [3.05, 3.63) is 35.9 Å². The molecule has 0 aliphatic rings. The Kier molecular flexibility index (Phi) is 6.29. The second-order valence-electron chi connectivity index (χ2n) is 3.80. The Morgan fingerprint density at radius 3 is 2.71 bits per heavy atom. The van der Waals surface area contributed by atoms with Gasteiger partial charge in [0.15, 0.2) is 0 Å². The molecule has 4 nitrogen and oxygen atoms in total. The zero-order chi connectivity index (χ0) is 12.5. The lowest BCUT2D eigenvalue weighted by atomic mass is 10.2. The second-order valence-corrected chi connectivity index (χ2v) is 3.80. The van der Waals surface area contributed by atoms with Crippen molar-refractivity contribution in [2.24, 2.45) is 0 Å². The third-order valence-electron chi connectivity index (χ3n) is 2.24. The Hall–Kier alpha value is -1.39. The molecule has 1 atom stereocenters. The number of hydrogen-bond acceptors (Lipinski definition) is 3. The summed E-state index contributed by atoms with van der Waals surface area (Å²) in [5.41, 5.74) is 1.13. The van der Waals surface area contributed by atoms with Crippen molar-refractivity contribution >= 4 is 5.91 Å². The minimum Gasteiger partial charge on any atom is -0.371 e. The zero-order valence-corrected chi connectivity index (χ0v) is 10.3. The van der Waals surface area contributed by atoms with E-state index in [-0.39, 0.29) is 18.6 Å². The molecule has 0 unspecified atom stereocenters. The van der Waals surface area contributed by atoms with Gasteiger partial charge in [0, 0.05) is 7.05 Å². The lowest BCUT2D eigenvalue weighted by Crippen LogP contribution is -2.26. The summed E-state index contributed by atoms with van der Waals surface area (Å²) in [6, 6.07) is 9.95. The fraction of sp³-hybridized carbons (Fsp3) is 0.462. The Labute approximate surface area is 102 Å². The number of ether oxygens (including phenoxy) is 2. The van der Waals surface area contributed by atoms with Crippen LogP contribution < -0.4 is 5.32 Å². The van der Waals surface area contributed by atoms with Crippen molar-refractivity contribution < 1.29 is 14.3 Å². The smallest absolute Gasteiger partial charge is 0.245 e. The van der Waals surface area contributed by atoms with Gasteiger partial charge in [-0.3, -0.25) is 4.79 Å². The van der Waals surface area contributed by atoms with Crippen molar-refractivity contribution in [1.82, 2.24) is 5.32 Å². The number of benzene rings is 1. The minimum atomic E-state index is -0.125. The molecular weight excluding hydrogens is 218 g/mol. The van der Waals surface area contributed by atoms with E-state index < -0.39 is 0 Å². The Morgan fingerprint density at radius 1 is 1.35 bits per heavy atom. The maximum atomic E-state index is 10.9. The highest BCUT2D eigenvalue weighted by Crippen LogP contribution is 2.03. The highest BCUT2D eigenvalue weighted by molar-refractivity contribution is 5.76. The van der Waals surface area contributed by atoms with E-state index in [1.165, 1.54) is 0 Å². The molecule has 0 fully saturated rings. The van der Waals surface area contributed by atoms with Crippen LogP contribution in [-0.4, -0.2) is 32.3 Å². The molecule has 94 valence electrons. The van der Waals surface area contributed by atoms with E-state index in [0.717, 1.165) is 5.56 Å². The molecule has 1 aromatic carbocycles. The number of hydrogen-bond donors (Lipinski definition) is 1. The summed E-state index contributed by atoms with van der Waals surface area (Å²) in [4.78, 5) is 10.9. The second kappa shape index (κ2) is 7.81. The zero-order valence-electron chi connectivity index (χ0n) is 10.3. The largest absolute Gasteiger partial charge is 0.371 e. The number of nitrogens with one attached hydrogen (secondary N) is 1. The van der Waals surface area contributed by atoms with E-state index in [1.54, 1.807) is 7.05 Å². The first kappa shape index (κ1) is 13.7. The summed E-state index contributed by atoms with van der Waals surface area (Å²) in [7, 11) is 1.58. The van der Waals surface area contributed by atoms with Crippen molar-refractivity contribution in [1.29, 1.82) is 0 Å². The topological polar surface area (TPSA) is 47.6 Å². The lowest BCUT2D eigenvalue weighted by molar-refractivity contribution is -0.126. The molecule has 0 aromatic heterocycles. The molecule has 1 N–H and O–H groups in total. The summed E-state index contributed by atoms with van der Waals surface area (Å²) in [6.45, 7) is 2.98. The number of carbonyl (C=O) groups is 1. The molecule has 0 aliphatic heterocycles. The molecule has 0 saturated carbocycles. The van der Waals surface area contributed by atoms with Crippen molar-refractivity contribution in [3.8, 4) is 0 Å². The fourth-order valence-electron chi connectivity index (χ4n) is 1.25. The lowest BCUT2D eigenvalue weighted by Gasteiger charge is -2.13. The van der Waals surface area contributed by atoms with E-state index in [0.29, 0.717) is 13.2 Å². The van der Waals surface area contributed by atoms with Crippen LogP contribution in [0.15, 0.2) is 30.3 Å². The summed E-state index contributed by atoms with van der Waals surface area (Å²) < 4.78 is 10.8. The summed E-state index contributed by atoms with van der Waals surface area (Å²) in [5.74, 6) is -0.125. The summed E-state index contributed by atoms with van der Waals surface area (Å²) in [5, 5.41) is 2.49. The van der Waals surface area contributed by atoms with Crippen LogP contribution in [0.5, 0.6) is 0 Å².